The molecule has 100 valence electrons. The largest absolute Gasteiger partial charge is 0.513 e. The fourth-order valence-electron chi connectivity index (χ4n) is 2.41. The van der Waals surface area contributed by atoms with E-state index in [1.54, 1.807) is 18.2 Å². The van der Waals surface area contributed by atoms with Crippen LogP contribution in [0.4, 0.5) is 0 Å². The third-order valence-electron chi connectivity index (χ3n) is 3.33. The standard InChI is InChI=1S/C17H14O3/c1-10-6-7-15-14(8-10)16(19)13-5-3-4-12(9-11(2)18)17(13)20-15/h3-8,18H,2,9H2,1H3. The highest BCUT2D eigenvalue weighted by Crippen LogP contribution is 2.23. The maximum absolute atomic E-state index is 12.5. The molecule has 2 aromatic carbocycles. The first kappa shape index (κ1) is 12.5. The summed E-state index contributed by atoms with van der Waals surface area (Å²) >= 11 is 0. The number of hydrogen-bond acceptors (Lipinski definition) is 3. The fraction of sp³-hybridized carbons (Fsp3) is 0.118. The molecule has 3 nitrogen and oxygen atoms in total. The predicted molar refractivity (Wildman–Crippen MR) is 80.2 cm³/mol. The van der Waals surface area contributed by atoms with E-state index in [4.69, 9.17) is 4.42 Å². The number of aliphatic hydroxyl groups is 1. The Labute approximate surface area is 115 Å². The quantitative estimate of drug-likeness (QED) is 0.566. The van der Waals surface area contributed by atoms with Crippen molar-refractivity contribution in [3.63, 3.8) is 0 Å². The van der Waals surface area contributed by atoms with Gasteiger partial charge in [0.05, 0.1) is 16.5 Å². The van der Waals surface area contributed by atoms with E-state index < -0.39 is 0 Å². The zero-order valence-electron chi connectivity index (χ0n) is 11.1. The Morgan fingerprint density at radius 3 is 2.80 bits per heavy atom. The zero-order valence-corrected chi connectivity index (χ0v) is 11.1. The van der Waals surface area contributed by atoms with Gasteiger partial charge in [-0.3, -0.25) is 4.79 Å². The molecule has 0 atom stereocenters. The SMILES string of the molecule is C=C(O)Cc1cccc2c(=O)c3cc(C)ccc3oc12. The highest BCUT2D eigenvalue weighted by Gasteiger charge is 2.11. The molecule has 0 radical (unpaired) electrons. The second-order valence-electron chi connectivity index (χ2n) is 4.97. The number of rotatable bonds is 2. The van der Waals surface area contributed by atoms with Crippen LogP contribution in [0.25, 0.3) is 21.9 Å². The first-order chi connectivity index (χ1) is 9.56. The molecule has 3 rings (SSSR count). The van der Waals surface area contributed by atoms with E-state index in [1.807, 2.05) is 25.1 Å². The molecule has 0 unspecified atom stereocenters. The van der Waals surface area contributed by atoms with Crippen LogP contribution >= 0.6 is 0 Å². The first-order valence-electron chi connectivity index (χ1n) is 6.38. The lowest BCUT2D eigenvalue weighted by Crippen LogP contribution is -2.04. The van der Waals surface area contributed by atoms with Gasteiger partial charge in [0.1, 0.15) is 11.2 Å². The molecular weight excluding hydrogens is 252 g/mol. The van der Waals surface area contributed by atoms with E-state index in [0.717, 1.165) is 11.1 Å². The van der Waals surface area contributed by atoms with Gasteiger partial charge in [-0.25, -0.2) is 0 Å². The van der Waals surface area contributed by atoms with Crippen LogP contribution in [0.3, 0.4) is 0 Å². The minimum atomic E-state index is -0.0460. The predicted octanol–water partition coefficient (Wildman–Crippen LogP) is 3.87. The molecular formula is C17H14O3. The van der Waals surface area contributed by atoms with Crippen molar-refractivity contribution < 1.29 is 9.52 Å². The van der Waals surface area contributed by atoms with Crippen molar-refractivity contribution in [2.24, 2.45) is 0 Å². The molecule has 1 N–H and O–H groups in total. The molecule has 0 saturated heterocycles. The summed E-state index contributed by atoms with van der Waals surface area (Å²) in [7, 11) is 0. The number of fused-ring (bicyclic) bond motifs is 2. The molecule has 0 fully saturated rings. The van der Waals surface area contributed by atoms with Gasteiger partial charge in [0.2, 0.25) is 5.43 Å². The number of benzene rings is 2. The fourth-order valence-corrected chi connectivity index (χ4v) is 2.41. The monoisotopic (exact) mass is 266 g/mol. The molecule has 1 heterocycles. The summed E-state index contributed by atoms with van der Waals surface area (Å²) < 4.78 is 5.86. The molecule has 1 aromatic heterocycles. The number of para-hydroxylation sites is 1. The van der Waals surface area contributed by atoms with Gasteiger partial charge in [-0.1, -0.05) is 30.3 Å². The van der Waals surface area contributed by atoms with Gasteiger partial charge in [0.25, 0.3) is 0 Å². The van der Waals surface area contributed by atoms with Gasteiger partial charge in [-0.05, 0) is 25.1 Å². The first-order valence-corrected chi connectivity index (χ1v) is 6.38. The Balaban J connectivity index is 2.43. The molecule has 0 aliphatic rings. The van der Waals surface area contributed by atoms with Crippen LogP contribution in [-0.4, -0.2) is 5.11 Å². The van der Waals surface area contributed by atoms with Crippen molar-refractivity contribution in [3.8, 4) is 0 Å². The Hall–Kier alpha value is -2.55. The molecule has 3 aromatic rings. The second-order valence-corrected chi connectivity index (χ2v) is 4.97. The molecule has 20 heavy (non-hydrogen) atoms. The van der Waals surface area contributed by atoms with Gasteiger partial charge >= 0.3 is 0 Å². The Morgan fingerprint density at radius 1 is 1.25 bits per heavy atom. The summed E-state index contributed by atoms with van der Waals surface area (Å²) in [6.07, 6.45) is 0.275. The van der Waals surface area contributed by atoms with Crippen molar-refractivity contribution in [1.82, 2.24) is 0 Å². The van der Waals surface area contributed by atoms with Crippen LogP contribution in [0, 0.1) is 6.92 Å². The average Bonchev–Trinajstić information content (AvgIpc) is 2.40. The van der Waals surface area contributed by atoms with E-state index in [1.165, 1.54) is 0 Å². The van der Waals surface area contributed by atoms with Gasteiger partial charge in [-0.15, -0.1) is 0 Å². The van der Waals surface area contributed by atoms with Gasteiger partial charge < -0.3 is 9.52 Å². The van der Waals surface area contributed by atoms with Crippen LogP contribution in [0.15, 0.2) is 57.9 Å². The third kappa shape index (κ3) is 1.97. The summed E-state index contributed by atoms with van der Waals surface area (Å²) in [5.74, 6) is 0.0455. The topological polar surface area (TPSA) is 50.4 Å². The summed E-state index contributed by atoms with van der Waals surface area (Å²) in [5, 5.41) is 10.5. The molecule has 3 heteroatoms. The van der Waals surface area contributed by atoms with Crippen LogP contribution in [0.1, 0.15) is 11.1 Å². The van der Waals surface area contributed by atoms with Crippen molar-refractivity contribution in [2.75, 3.05) is 0 Å². The minimum absolute atomic E-state index is 0.0455. The summed E-state index contributed by atoms with van der Waals surface area (Å²) in [6, 6.07) is 10.9. The lowest BCUT2D eigenvalue weighted by atomic mass is 10.0. The van der Waals surface area contributed by atoms with Crippen LogP contribution in [0.5, 0.6) is 0 Å². The highest BCUT2D eigenvalue weighted by atomic mass is 16.3. The van der Waals surface area contributed by atoms with Crippen molar-refractivity contribution in [2.45, 2.75) is 13.3 Å². The van der Waals surface area contributed by atoms with Crippen molar-refractivity contribution >= 4 is 21.9 Å². The second kappa shape index (κ2) is 4.53. The Kier molecular flexibility index (Phi) is 2.83. The lowest BCUT2D eigenvalue weighted by Gasteiger charge is -2.06. The molecule has 0 saturated carbocycles. The number of allylic oxidation sites excluding steroid dienone is 1. The lowest BCUT2D eigenvalue weighted by molar-refractivity contribution is 0.401. The highest BCUT2D eigenvalue weighted by molar-refractivity contribution is 5.91. The van der Waals surface area contributed by atoms with Crippen LogP contribution in [0.2, 0.25) is 0 Å². The number of aryl methyl sites for hydroxylation is 1. The normalized spacial score (nSPS) is 11.1. The Morgan fingerprint density at radius 2 is 2.05 bits per heavy atom. The summed E-state index contributed by atoms with van der Waals surface area (Å²) in [5.41, 5.74) is 2.81. The minimum Gasteiger partial charge on any atom is -0.513 e. The third-order valence-corrected chi connectivity index (χ3v) is 3.33. The van der Waals surface area contributed by atoms with E-state index in [2.05, 4.69) is 6.58 Å². The van der Waals surface area contributed by atoms with Crippen LogP contribution in [-0.2, 0) is 6.42 Å². The van der Waals surface area contributed by atoms with Crippen molar-refractivity contribution in [3.05, 3.63) is 70.1 Å². The summed E-state index contributed by atoms with van der Waals surface area (Å²) in [4.78, 5) is 12.5. The molecule has 0 spiro atoms. The molecule has 0 aliphatic heterocycles. The van der Waals surface area contributed by atoms with E-state index in [0.29, 0.717) is 21.9 Å². The smallest absolute Gasteiger partial charge is 0.200 e. The van der Waals surface area contributed by atoms with Gasteiger partial charge in [0, 0.05) is 12.0 Å². The van der Waals surface area contributed by atoms with E-state index in [9.17, 15) is 9.90 Å². The van der Waals surface area contributed by atoms with Crippen molar-refractivity contribution in [1.29, 1.82) is 0 Å². The summed E-state index contributed by atoms with van der Waals surface area (Å²) in [6.45, 7) is 5.43. The average molecular weight is 266 g/mol. The maximum atomic E-state index is 12.5. The maximum Gasteiger partial charge on any atom is 0.200 e. The van der Waals surface area contributed by atoms with E-state index >= 15 is 0 Å². The van der Waals surface area contributed by atoms with E-state index in [-0.39, 0.29) is 17.6 Å². The molecule has 0 aliphatic carbocycles. The van der Waals surface area contributed by atoms with Crippen LogP contribution < -0.4 is 5.43 Å². The molecule has 0 amide bonds. The van der Waals surface area contributed by atoms with Gasteiger partial charge in [0.15, 0.2) is 0 Å². The Bertz CT molecular complexity index is 888. The number of hydrogen-bond donors (Lipinski definition) is 1. The zero-order chi connectivity index (χ0) is 14.3. The van der Waals surface area contributed by atoms with Gasteiger partial charge in [-0.2, -0.15) is 0 Å². The number of aliphatic hydroxyl groups excluding tert-OH is 1. The molecule has 0 bridgehead atoms.